The van der Waals surface area contributed by atoms with Gasteiger partial charge in [0.25, 0.3) is 0 Å². The van der Waals surface area contributed by atoms with Crippen LogP contribution in [0.3, 0.4) is 0 Å². The van der Waals surface area contributed by atoms with Crippen molar-refractivity contribution < 1.29 is 4.79 Å². The van der Waals surface area contributed by atoms with E-state index in [2.05, 4.69) is 17.5 Å². The van der Waals surface area contributed by atoms with Crippen molar-refractivity contribution >= 4 is 5.91 Å². The zero-order valence-electron chi connectivity index (χ0n) is 9.70. The molecule has 0 aliphatic heterocycles. The summed E-state index contributed by atoms with van der Waals surface area (Å²) in [5, 5.41) is 2.94. The molecule has 0 radical (unpaired) electrons. The summed E-state index contributed by atoms with van der Waals surface area (Å²) in [6, 6.07) is -0.371. The summed E-state index contributed by atoms with van der Waals surface area (Å²) in [6.45, 7) is 4.70. The number of carbonyl (C=O) groups is 1. The van der Waals surface area contributed by atoms with Crippen LogP contribution in [0.25, 0.3) is 0 Å². The lowest BCUT2D eigenvalue weighted by Gasteiger charge is -2.20. The Morgan fingerprint density at radius 1 is 1.53 bits per heavy atom. The highest BCUT2D eigenvalue weighted by atomic mass is 16.2. The summed E-state index contributed by atoms with van der Waals surface area (Å²) in [6.07, 6.45) is 7.79. The molecule has 0 aromatic heterocycles. The highest BCUT2D eigenvalue weighted by molar-refractivity contribution is 5.81. The van der Waals surface area contributed by atoms with Crippen LogP contribution in [0.2, 0.25) is 0 Å². The number of amides is 1. The Balaban J connectivity index is 2.24. The number of rotatable bonds is 4. The van der Waals surface area contributed by atoms with Crippen LogP contribution in [0.1, 0.15) is 33.1 Å². The Hall–Kier alpha value is -0.830. The smallest absolute Gasteiger partial charge is 0.237 e. The van der Waals surface area contributed by atoms with Gasteiger partial charge in [0.05, 0.1) is 6.04 Å². The van der Waals surface area contributed by atoms with Gasteiger partial charge in [0.2, 0.25) is 5.91 Å². The Morgan fingerprint density at radius 3 is 2.80 bits per heavy atom. The predicted octanol–water partition coefficient (Wildman–Crippen LogP) is 1.44. The molecule has 1 unspecified atom stereocenters. The van der Waals surface area contributed by atoms with Crippen molar-refractivity contribution in [2.45, 2.75) is 39.2 Å². The molecule has 3 heteroatoms. The van der Waals surface area contributed by atoms with Crippen LogP contribution in [0.5, 0.6) is 0 Å². The number of allylic oxidation sites excluding steroid dienone is 2. The molecule has 1 amide bonds. The Morgan fingerprint density at radius 2 is 2.27 bits per heavy atom. The number of hydrogen-bond acceptors (Lipinski definition) is 2. The molecule has 0 saturated carbocycles. The van der Waals surface area contributed by atoms with Gasteiger partial charge in [-0.05, 0) is 31.1 Å². The van der Waals surface area contributed by atoms with Gasteiger partial charge in [0.15, 0.2) is 0 Å². The second-order valence-electron chi connectivity index (χ2n) is 4.67. The van der Waals surface area contributed by atoms with Crippen LogP contribution in [-0.4, -0.2) is 18.5 Å². The lowest BCUT2D eigenvalue weighted by atomic mass is 9.94. The van der Waals surface area contributed by atoms with E-state index in [0.717, 1.165) is 19.4 Å². The average molecular weight is 210 g/mol. The minimum atomic E-state index is -0.371. The van der Waals surface area contributed by atoms with Gasteiger partial charge < -0.3 is 11.1 Å². The molecule has 0 spiro atoms. The second-order valence-corrected chi connectivity index (χ2v) is 4.67. The van der Waals surface area contributed by atoms with E-state index < -0.39 is 0 Å². The number of carbonyl (C=O) groups excluding carboxylic acids is 1. The zero-order chi connectivity index (χ0) is 11.3. The van der Waals surface area contributed by atoms with Crippen LogP contribution in [0.15, 0.2) is 12.2 Å². The first-order valence-electron chi connectivity index (χ1n) is 5.79. The Labute approximate surface area is 92.1 Å². The third kappa shape index (κ3) is 4.04. The van der Waals surface area contributed by atoms with Crippen LogP contribution >= 0.6 is 0 Å². The van der Waals surface area contributed by atoms with Crippen molar-refractivity contribution in [3.63, 3.8) is 0 Å². The van der Waals surface area contributed by atoms with E-state index >= 15 is 0 Å². The van der Waals surface area contributed by atoms with Gasteiger partial charge in [0.1, 0.15) is 0 Å². The maximum Gasteiger partial charge on any atom is 0.237 e. The van der Waals surface area contributed by atoms with Crippen LogP contribution < -0.4 is 11.1 Å². The first-order valence-corrected chi connectivity index (χ1v) is 5.79. The Kier molecular flexibility index (Phi) is 4.82. The van der Waals surface area contributed by atoms with Gasteiger partial charge in [-0.25, -0.2) is 0 Å². The molecule has 1 rings (SSSR count). The molecular weight excluding hydrogens is 188 g/mol. The minimum absolute atomic E-state index is 0.0143. The molecule has 0 aromatic rings. The standard InChI is InChI=1S/C12H22N2O/c1-9(2)11(13)12(15)14-8-10-6-4-3-5-7-10/h3-4,9-11H,5-8,13H2,1-2H3,(H,14,15)/t10?,11-/m1/s1. The predicted molar refractivity (Wildman–Crippen MR) is 62.3 cm³/mol. The molecular formula is C12H22N2O. The molecule has 15 heavy (non-hydrogen) atoms. The number of nitrogens with two attached hydrogens (primary N) is 1. The van der Waals surface area contributed by atoms with Crippen LogP contribution in [-0.2, 0) is 4.79 Å². The van der Waals surface area contributed by atoms with Crippen LogP contribution in [0, 0.1) is 11.8 Å². The second kappa shape index (κ2) is 5.91. The molecule has 86 valence electrons. The lowest BCUT2D eigenvalue weighted by molar-refractivity contribution is -0.123. The van der Waals surface area contributed by atoms with Crippen molar-refractivity contribution in [3.8, 4) is 0 Å². The summed E-state index contributed by atoms with van der Waals surface area (Å²) in [7, 11) is 0. The molecule has 0 heterocycles. The first-order chi connectivity index (χ1) is 7.11. The molecule has 0 fully saturated rings. The SMILES string of the molecule is CC(C)[C@@H](N)C(=O)NCC1CC=CCC1. The van der Waals surface area contributed by atoms with Gasteiger partial charge in [-0.3, -0.25) is 4.79 Å². The monoisotopic (exact) mass is 210 g/mol. The van der Waals surface area contributed by atoms with E-state index in [1.165, 1.54) is 6.42 Å². The molecule has 3 N–H and O–H groups in total. The largest absolute Gasteiger partial charge is 0.354 e. The van der Waals surface area contributed by atoms with E-state index in [9.17, 15) is 4.79 Å². The third-order valence-electron chi connectivity index (χ3n) is 2.96. The summed E-state index contributed by atoms with van der Waals surface area (Å²) in [5.74, 6) is 0.786. The topological polar surface area (TPSA) is 55.1 Å². The van der Waals surface area contributed by atoms with E-state index in [1.807, 2.05) is 13.8 Å². The normalized spacial score (nSPS) is 22.8. The quantitative estimate of drug-likeness (QED) is 0.690. The maximum absolute atomic E-state index is 11.6. The molecule has 1 aliphatic carbocycles. The van der Waals surface area contributed by atoms with E-state index in [-0.39, 0.29) is 17.9 Å². The summed E-state index contributed by atoms with van der Waals surface area (Å²) in [5.41, 5.74) is 5.75. The molecule has 0 aromatic carbocycles. The van der Waals surface area contributed by atoms with Crippen molar-refractivity contribution in [2.24, 2.45) is 17.6 Å². The third-order valence-corrected chi connectivity index (χ3v) is 2.96. The van der Waals surface area contributed by atoms with E-state index in [1.54, 1.807) is 0 Å². The Bertz CT molecular complexity index is 236. The summed E-state index contributed by atoms with van der Waals surface area (Å²) < 4.78 is 0. The number of nitrogens with one attached hydrogen (secondary N) is 1. The summed E-state index contributed by atoms with van der Waals surface area (Å²) in [4.78, 5) is 11.6. The van der Waals surface area contributed by atoms with Gasteiger partial charge >= 0.3 is 0 Å². The fourth-order valence-electron chi connectivity index (χ4n) is 1.71. The minimum Gasteiger partial charge on any atom is -0.354 e. The van der Waals surface area contributed by atoms with Gasteiger partial charge in [-0.15, -0.1) is 0 Å². The van der Waals surface area contributed by atoms with Gasteiger partial charge in [-0.1, -0.05) is 26.0 Å². The van der Waals surface area contributed by atoms with Crippen molar-refractivity contribution in [2.75, 3.05) is 6.54 Å². The first kappa shape index (κ1) is 12.2. The van der Waals surface area contributed by atoms with E-state index in [4.69, 9.17) is 5.73 Å². The molecule has 2 atom stereocenters. The van der Waals surface area contributed by atoms with Crippen molar-refractivity contribution in [1.82, 2.24) is 5.32 Å². The number of hydrogen-bond donors (Lipinski definition) is 2. The highest BCUT2D eigenvalue weighted by Gasteiger charge is 2.18. The van der Waals surface area contributed by atoms with E-state index in [0.29, 0.717) is 5.92 Å². The van der Waals surface area contributed by atoms with Crippen molar-refractivity contribution in [1.29, 1.82) is 0 Å². The van der Waals surface area contributed by atoms with Crippen molar-refractivity contribution in [3.05, 3.63) is 12.2 Å². The average Bonchev–Trinajstić information content (AvgIpc) is 2.26. The fourth-order valence-corrected chi connectivity index (χ4v) is 1.71. The summed E-state index contributed by atoms with van der Waals surface area (Å²) >= 11 is 0. The van der Waals surface area contributed by atoms with Crippen LogP contribution in [0.4, 0.5) is 0 Å². The highest BCUT2D eigenvalue weighted by Crippen LogP contribution is 2.16. The molecule has 3 nitrogen and oxygen atoms in total. The molecule has 0 saturated heterocycles. The van der Waals surface area contributed by atoms with Gasteiger partial charge in [0, 0.05) is 6.54 Å². The fraction of sp³-hybridized carbons (Fsp3) is 0.750. The zero-order valence-corrected chi connectivity index (χ0v) is 9.70. The van der Waals surface area contributed by atoms with Gasteiger partial charge in [-0.2, -0.15) is 0 Å². The maximum atomic E-state index is 11.6. The molecule has 0 bridgehead atoms. The molecule has 1 aliphatic rings. The lowest BCUT2D eigenvalue weighted by Crippen LogP contribution is -2.45.